The first-order valence-electron chi connectivity index (χ1n) is 6.62. The number of nitrogens with zero attached hydrogens (tertiary/aromatic N) is 2. The summed E-state index contributed by atoms with van der Waals surface area (Å²) < 4.78 is 43.9. The molecule has 1 rings (SSSR count). The van der Waals surface area contributed by atoms with Gasteiger partial charge in [-0.05, 0) is 31.5 Å². The second-order valence-corrected chi connectivity index (χ2v) is 4.37. The van der Waals surface area contributed by atoms with Crippen LogP contribution in [0.5, 0.6) is 5.75 Å². The van der Waals surface area contributed by atoms with Gasteiger partial charge in [-0.3, -0.25) is 0 Å². The van der Waals surface area contributed by atoms with E-state index in [0.29, 0.717) is 13.1 Å². The predicted molar refractivity (Wildman–Crippen MR) is 76.2 cm³/mol. The Morgan fingerprint density at radius 2 is 1.90 bits per heavy atom. The summed E-state index contributed by atoms with van der Waals surface area (Å²) >= 11 is 0. The van der Waals surface area contributed by atoms with E-state index in [1.807, 2.05) is 13.8 Å². The summed E-state index contributed by atoms with van der Waals surface area (Å²) in [5.41, 5.74) is 5.09. The van der Waals surface area contributed by atoms with Gasteiger partial charge < -0.3 is 15.4 Å². The number of alkyl halides is 3. The molecule has 0 saturated heterocycles. The second kappa shape index (κ2) is 7.19. The number of guanidine groups is 1. The molecule has 0 heterocycles. The fraction of sp³-hybridized carbons (Fsp3) is 0.500. The first kappa shape index (κ1) is 17.1. The van der Waals surface area contributed by atoms with Gasteiger partial charge in [-0.2, -0.15) is 13.2 Å². The van der Waals surface area contributed by atoms with Crippen LogP contribution in [0.3, 0.4) is 0 Å². The van der Waals surface area contributed by atoms with Crippen LogP contribution < -0.4 is 10.5 Å². The third kappa shape index (κ3) is 4.54. The Balaban J connectivity index is 3.06. The van der Waals surface area contributed by atoms with E-state index in [-0.39, 0.29) is 23.8 Å². The SMILES string of the molecule is CCN(CC)C(N)=NCc1ccc(OC)cc1C(F)(F)F. The van der Waals surface area contributed by atoms with E-state index in [1.165, 1.54) is 19.2 Å². The molecule has 2 N–H and O–H groups in total. The van der Waals surface area contributed by atoms with Gasteiger partial charge >= 0.3 is 6.18 Å². The summed E-state index contributed by atoms with van der Waals surface area (Å²) in [6.07, 6.45) is -4.46. The first-order chi connectivity index (χ1) is 9.83. The number of hydrogen-bond donors (Lipinski definition) is 1. The van der Waals surface area contributed by atoms with E-state index in [2.05, 4.69) is 4.99 Å². The van der Waals surface area contributed by atoms with Crippen LogP contribution in [0.4, 0.5) is 13.2 Å². The molecule has 21 heavy (non-hydrogen) atoms. The maximum atomic E-state index is 13.0. The molecule has 1 aromatic rings. The van der Waals surface area contributed by atoms with Crippen LogP contribution in [0, 0.1) is 0 Å². The number of ether oxygens (including phenoxy) is 1. The molecule has 7 heteroatoms. The van der Waals surface area contributed by atoms with E-state index in [0.717, 1.165) is 6.07 Å². The standard InChI is InChI=1S/C14H20F3N3O/c1-4-20(5-2)13(18)19-9-10-6-7-11(21-3)8-12(10)14(15,16)17/h6-8H,4-5,9H2,1-3H3,(H2,18,19). The molecule has 0 amide bonds. The summed E-state index contributed by atoms with van der Waals surface area (Å²) in [7, 11) is 1.33. The third-order valence-electron chi connectivity index (χ3n) is 3.12. The summed E-state index contributed by atoms with van der Waals surface area (Å²) in [4.78, 5) is 5.82. The van der Waals surface area contributed by atoms with Gasteiger partial charge in [-0.1, -0.05) is 6.07 Å². The largest absolute Gasteiger partial charge is 0.497 e. The molecule has 0 radical (unpaired) electrons. The van der Waals surface area contributed by atoms with Crippen molar-refractivity contribution in [2.45, 2.75) is 26.6 Å². The highest BCUT2D eigenvalue weighted by molar-refractivity contribution is 5.78. The number of halogens is 3. The first-order valence-corrected chi connectivity index (χ1v) is 6.62. The Hall–Kier alpha value is -1.92. The van der Waals surface area contributed by atoms with Gasteiger partial charge in [0.15, 0.2) is 5.96 Å². The zero-order valence-corrected chi connectivity index (χ0v) is 12.4. The molecule has 0 saturated carbocycles. The maximum absolute atomic E-state index is 13.0. The molecule has 0 atom stereocenters. The Morgan fingerprint density at radius 1 is 1.29 bits per heavy atom. The molecule has 0 unspecified atom stereocenters. The molecule has 4 nitrogen and oxygen atoms in total. The van der Waals surface area contributed by atoms with Crippen molar-refractivity contribution in [1.82, 2.24) is 4.90 Å². The molecule has 0 fully saturated rings. The number of rotatable bonds is 5. The number of nitrogens with two attached hydrogens (primary N) is 1. The Morgan fingerprint density at radius 3 is 2.38 bits per heavy atom. The predicted octanol–water partition coefficient (Wildman–Crippen LogP) is 2.87. The van der Waals surface area contributed by atoms with Gasteiger partial charge in [0.2, 0.25) is 0 Å². The smallest absolute Gasteiger partial charge is 0.416 e. The molecule has 1 aromatic carbocycles. The molecule has 0 aromatic heterocycles. The number of benzene rings is 1. The Labute approximate surface area is 122 Å². The van der Waals surface area contributed by atoms with Crippen LogP contribution >= 0.6 is 0 Å². The topological polar surface area (TPSA) is 50.8 Å². The zero-order chi connectivity index (χ0) is 16.0. The normalized spacial score (nSPS) is 12.4. The molecule has 0 bridgehead atoms. The Bertz CT molecular complexity index is 497. The van der Waals surface area contributed by atoms with Gasteiger partial charge in [0.1, 0.15) is 5.75 Å². The monoisotopic (exact) mass is 303 g/mol. The number of methoxy groups -OCH3 is 1. The molecule has 118 valence electrons. The van der Waals surface area contributed by atoms with E-state index in [9.17, 15) is 13.2 Å². The summed E-state index contributed by atoms with van der Waals surface area (Å²) in [6.45, 7) is 4.99. The molecule has 0 aliphatic rings. The average Bonchev–Trinajstić information content (AvgIpc) is 2.45. The van der Waals surface area contributed by atoms with E-state index in [1.54, 1.807) is 4.90 Å². The Kier molecular flexibility index (Phi) is 5.87. The van der Waals surface area contributed by atoms with Crippen LogP contribution in [-0.2, 0) is 12.7 Å². The van der Waals surface area contributed by atoms with Crippen LogP contribution in [0.2, 0.25) is 0 Å². The van der Waals surface area contributed by atoms with Crippen LogP contribution in [0.1, 0.15) is 25.0 Å². The maximum Gasteiger partial charge on any atom is 0.416 e. The van der Waals surface area contributed by atoms with Crippen LogP contribution in [0.25, 0.3) is 0 Å². The molecule has 0 aliphatic heterocycles. The third-order valence-corrected chi connectivity index (χ3v) is 3.12. The van der Waals surface area contributed by atoms with Gasteiger partial charge in [-0.25, -0.2) is 4.99 Å². The van der Waals surface area contributed by atoms with Gasteiger partial charge in [0.25, 0.3) is 0 Å². The van der Waals surface area contributed by atoms with Crippen LogP contribution in [-0.4, -0.2) is 31.1 Å². The van der Waals surface area contributed by atoms with E-state index in [4.69, 9.17) is 10.5 Å². The summed E-state index contributed by atoms with van der Waals surface area (Å²) in [6, 6.07) is 3.81. The van der Waals surface area contributed by atoms with Crippen molar-refractivity contribution in [2.75, 3.05) is 20.2 Å². The second-order valence-electron chi connectivity index (χ2n) is 4.37. The lowest BCUT2D eigenvalue weighted by molar-refractivity contribution is -0.138. The van der Waals surface area contributed by atoms with Crippen molar-refractivity contribution in [3.8, 4) is 5.75 Å². The average molecular weight is 303 g/mol. The highest BCUT2D eigenvalue weighted by Crippen LogP contribution is 2.34. The quantitative estimate of drug-likeness (QED) is 0.672. The minimum atomic E-state index is -4.46. The molecular weight excluding hydrogens is 283 g/mol. The van der Waals surface area contributed by atoms with Crippen LogP contribution in [0.15, 0.2) is 23.2 Å². The number of hydrogen-bond acceptors (Lipinski definition) is 2. The van der Waals surface area contributed by atoms with Gasteiger partial charge in [0, 0.05) is 13.1 Å². The zero-order valence-electron chi connectivity index (χ0n) is 12.4. The molecular formula is C14H20F3N3O. The van der Waals surface area contributed by atoms with Gasteiger partial charge in [0.05, 0.1) is 19.2 Å². The van der Waals surface area contributed by atoms with E-state index < -0.39 is 11.7 Å². The van der Waals surface area contributed by atoms with Crippen molar-refractivity contribution >= 4 is 5.96 Å². The minimum absolute atomic E-state index is 0.0680. The molecule has 0 spiro atoms. The lowest BCUT2D eigenvalue weighted by Crippen LogP contribution is -2.37. The van der Waals surface area contributed by atoms with Crippen molar-refractivity contribution < 1.29 is 17.9 Å². The van der Waals surface area contributed by atoms with E-state index >= 15 is 0 Å². The lowest BCUT2D eigenvalue weighted by Gasteiger charge is -2.19. The fourth-order valence-electron chi connectivity index (χ4n) is 1.90. The van der Waals surface area contributed by atoms with Crippen molar-refractivity contribution in [1.29, 1.82) is 0 Å². The lowest BCUT2D eigenvalue weighted by atomic mass is 10.1. The van der Waals surface area contributed by atoms with Gasteiger partial charge in [-0.15, -0.1) is 0 Å². The molecule has 0 aliphatic carbocycles. The highest BCUT2D eigenvalue weighted by atomic mass is 19.4. The highest BCUT2D eigenvalue weighted by Gasteiger charge is 2.33. The van der Waals surface area contributed by atoms with Crippen molar-refractivity contribution in [3.63, 3.8) is 0 Å². The van der Waals surface area contributed by atoms with Crippen molar-refractivity contribution in [2.24, 2.45) is 10.7 Å². The number of aliphatic imine (C=N–C) groups is 1. The fourth-order valence-corrected chi connectivity index (χ4v) is 1.90. The van der Waals surface area contributed by atoms with Crippen molar-refractivity contribution in [3.05, 3.63) is 29.3 Å². The minimum Gasteiger partial charge on any atom is -0.497 e. The summed E-state index contributed by atoms with van der Waals surface area (Å²) in [5.74, 6) is 0.399. The summed E-state index contributed by atoms with van der Waals surface area (Å²) in [5, 5.41) is 0.